The fourth-order valence-electron chi connectivity index (χ4n) is 2.53. The van der Waals surface area contributed by atoms with E-state index in [0.29, 0.717) is 19.0 Å². The van der Waals surface area contributed by atoms with Crippen molar-refractivity contribution in [2.45, 2.75) is 25.9 Å². The predicted molar refractivity (Wildman–Crippen MR) is 85.5 cm³/mol. The fraction of sp³-hybridized carbons (Fsp3) is 0.467. The maximum atomic E-state index is 12.0. The highest BCUT2D eigenvalue weighted by atomic mass is 32.2. The second-order valence-corrected chi connectivity index (χ2v) is 6.51. The van der Waals surface area contributed by atoms with Gasteiger partial charge in [0.25, 0.3) is 0 Å². The van der Waals surface area contributed by atoms with Gasteiger partial charge in [-0.3, -0.25) is 4.79 Å². The summed E-state index contributed by atoms with van der Waals surface area (Å²) in [5, 5.41) is 6.34. The van der Waals surface area contributed by atoms with Gasteiger partial charge >= 0.3 is 0 Å². The van der Waals surface area contributed by atoms with E-state index in [1.807, 2.05) is 47.6 Å². The van der Waals surface area contributed by atoms with E-state index < -0.39 is 0 Å². The average molecular weight is 304 g/mol. The summed E-state index contributed by atoms with van der Waals surface area (Å²) < 4.78 is 2.00. The van der Waals surface area contributed by atoms with Crippen molar-refractivity contribution in [2.24, 2.45) is 0 Å². The van der Waals surface area contributed by atoms with Crippen molar-refractivity contribution < 1.29 is 4.79 Å². The zero-order valence-electron chi connectivity index (χ0n) is 12.1. The number of carbonyl (C=O) groups is 1. The molecular weight excluding hydrogens is 284 g/mol. The number of imidazole rings is 1. The lowest BCUT2D eigenvalue weighted by atomic mass is 10.2. The number of aryl methyl sites for hydroxylation is 1. The maximum Gasteiger partial charge on any atom is 0.221 e. The highest BCUT2D eigenvalue weighted by molar-refractivity contribution is 7.99. The minimum atomic E-state index is 0.0868. The first-order chi connectivity index (χ1) is 10.2. The third-order valence-electron chi connectivity index (χ3n) is 3.62. The van der Waals surface area contributed by atoms with Gasteiger partial charge < -0.3 is 15.0 Å². The molecule has 2 aromatic rings. The molecule has 21 heavy (non-hydrogen) atoms. The summed E-state index contributed by atoms with van der Waals surface area (Å²) in [5.41, 5.74) is 2.98. The Bertz CT molecular complexity index is 634. The quantitative estimate of drug-likeness (QED) is 0.895. The molecule has 3 rings (SSSR count). The molecule has 0 saturated carbocycles. The summed E-state index contributed by atoms with van der Waals surface area (Å²) in [6.07, 6.45) is 4.49. The molecule has 1 fully saturated rings. The number of hydrogen-bond acceptors (Lipinski definition) is 4. The third-order valence-corrected chi connectivity index (χ3v) is 4.76. The van der Waals surface area contributed by atoms with Crippen LogP contribution in [-0.4, -0.2) is 39.4 Å². The number of nitrogens with zero attached hydrogens (tertiary/aromatic N) is 2. The molecule has 1 aliphatic rings. The number of carbonyl (C=O) groups excluding carboxylic acids is 1. The van der Waals surface area contributed by atoms with E-state index >= 15 is 0 Å². The Kier molecular flexibility index (Phi) is 4.45. The van der Waals surface area contributed by atoms with Crippen LogP contribution in [0.1, 0.15) is 17.7 Å². The van der Waals surface area contributed by atoms with E-state index in [2.05, 4.69) is 15.6 Å². The largest absolute Gasteiger partial charge is 0.350 e. The molecule has 1 amide bonds. The van der Waals surface area contributed by atoms with Gasteiger partial charge in [-0.15, -0.1) is 0 Å². The number of pyridine rings is 1. The lowest BCUT2D eigenvalue weighted by Crippen LogP contribution is -2.41. The molecule has 0 aliphatic carbocycles. The Morgan fingerprint density at radius 2 is 2.52 bits per heavy atom. The topological polar surface area (TPSA) is 58.4 Å². The highest BCUT2D eigenvalue weighted by Crippen LogP contribution is 2.11. The van der Waals surface area contributed by atoms with Crippen LogP contribution in [0.25, 0.3) is 5.65 Å². The monoisotopic (exact) mass is 304 g/mol. The molecule has 0 bridgehead atoms. The van der Waals surface area contributed by atoms with Gasteiger partial charge in [0.1, 0.15) is 5.65 Å². The number of fused-ring (bicyclic) bond motifs is 1. The summed E-state index contributed by atoms with van der Waals surface area (Å²) in [5.74, 6) is 2.24. The lowest BCUT2D eigenvalue weighted by Gasteiger charge is -2.22. The zero-order chi connectivity index (χ0) is 14.7. The van der Waals surface area contributed by atoms with Crippen LogP contribution in [0.15, 0.2) is 24.5 Å². The zero-order valence-corrected chi connectivity index (χ0v) is 12.9. The molecule has 2 aromatic heterocycles. The first-order valence-corrected chi connectivity index (χ1v) is 8.39. The number of rotatable bonds is 4. The van der Waals surface area contributed by atoms with Crippen molar-refractivity contribution in [3.63, 3.8) is 0 Å². The molecule has 1 saturated heterocycles. The number of hydrogen-bond donors (Lipinski definition) is 2. The minimum Gasteiger partial charge on any atom is -0.350 e. The number of nitrogens with one attached hydrogen (secondary N) is 2. The third kappa shape index (κ3) is 3.57. The standard InChI is InChI=1S/C15H20N4OS/c1-11-3-2-5-19-9-13(18-15(11)19)8-17-14(20)7-12-10-21-6-4-16-12/h2-3,5,9,12,16H,4,6-8,10H2,1H3,(H,17,20). The van der Waals surface area contributed by atoms with Crippen LogP contribution in [-0.2, 0) is 11.3 Å². The molecule has 112 valence electrons. The minimum absolute atomic E-state index is 0.0868. The molecule has 1 atom stereocenters. The van der Waals surface area contributed by atoms with E-state index in [1.165, 1.54) is 0 Å². The van der Waals surface area contributed by atoms with Crippen LogP contribution >= 0.6 is 11.8 Å². The van der Waals surface area contributed by atoms with Crippen molar-refractivity contribution in [3.05, 3.63) is 35.8 Å². The van der Waals surface area contributed by atoms with Crippen LogP contribution < -0.4 is 10.6 Å². The Morgan fingerprint density at radius 3 is 3.29 bits per heavy atom. The molecule has 1 aliphatic heterocycles. The lowest BCUT2D eigenvalue weighted by molar-refractivity contribution is -0.121. The maximum absolute atomic E-state index is 12.0. The Morgan fingerprint density at radius 1 is 1.62 bits per heavy atom. The molecule has 5 nitrogen and oxygen atoms in total. The summed E-state index contributed by atoms with van der Waals surface area (Å²) in [6.45, 7) is 3.52. The van der Waals surface area contributed by atoms with Gasteiger partial charge in [0.2, 0.25) is 5.91 Å². The van der Waals surface area contributed by atoms with Crippen LogP contribution in [0.5, 0.6) is 0 Å². The van der Waals surface area contributed by atoms with E-state index in [0.717, 1.165) is 35.0 Å². The SMILES string of the molecule is Cc1cccn2cc(CNC(=O)CC3CSCCN3)nc12. The Balaban J connectivity index is 1.55. The normalized spacial score (nSPS) is 18.8. The van der Waals surface area contributed by atoms with Gasteiger partial charge in [0.15, 0.2) is 0 Å². The van der Waals surface area contributed by atoms with Crippen LogP contribution in [0.3, 0.4) is 0 Å². The van der Waals surface area contributed by atoms with Crippen LogP contribution in [0.2, 0.25) is 0 Å². The molecule has 0 radical (unpaired) electrons. The molecule has 3 heterocycles. The molecule has 0 spiro atoms. The van der Waals surface area contributed by atoms with E-state index in [-0.39, 0.29) is 5.91 Å². The van der Waals surface area contributed by atoms with E-state index in [4.69, 9.17) is 0 Å². The van der Waals surface area contributed by atoms with Crippen molar-refractivity contribution in [1.82, 2.24) is 20.0 Å². The van der Waals surface area contributed by atoms with Crippen molar-refractivity contribution in [3.8, 4) is 0 Å². The molecular formula is C15H20N4OS. The predicted octanol–water partition coefficient (Wildman–Crippen LogP) is 1.35. The van der Waals surface area contributed by atoms with Gasteiger partial charge in [-0.05, 0) is 18.6 Å². The summed E-state index contributed by atoms with van der Waals surface area (Å²) in [7, 11) is 0. The Labute approximate surface area is 128 Å². The van der Waals surface area contributed by atoms with E-state index in [1.54, 1.807) is 0 Å². The fourth-order valence-corrected chi connectivity index (χ4v) is 3.47. The van der Waals surface area contributed by atoms with Gasteiger partial charge in [0.05, 0.1) is 12.2 Å². The van der Waals surface area contributed by atoms with Gasteiger partial charge in [-0.25, -0.2) is 4.98 Å². The van der Waals surface area contributed by atoms with Crippen molar-refractivity contribution in [2.75, 3.05) is 18.1 Å². The molecule has 0 aromatic carbocycles. The van der Waals surface area contributed by atoms with Crippen molar-refractivity contribution in [1.29, 1.82) is 0 Å². The van der Waals surface area contributed by atoms with Crippen LogP contribution in [0.4, 0.5) is 0 Å². The number of aromatic nitrogens is 2. The van der Waals surface area contributed by atoms with Crippen LogP contribution in [0, 0.1) is 6.92 Å². The summed E-state index contributed by atoms with van der Waals surface area (Å²) >= 11 is 1.91. The van der Waals surface area contributed by atoms with Crippen molar-refractivity contribution >= 4 is 23.3 Å². The summed E-state index contributed by atoms with van der Waals surface area (Å²) in [6, 6.07) is 4.34. The molecule has 6 heteroatoms. The second kappa shape index (κ2) is 6.49. The number of thioether (sulfide) groups is 1. The first kappa shape index (κ1) is 14.4. The van der Waals surface area contributed by atoms with Gasteiger partial charge in [0, 0.05) is 42.9 Å². The molecule has 2 N–H and O–H groups in total. The van der Waals surface area contributed by atoms with Gasteiger partial charge in [-0.2, -0.15) is 11.8 Å². The Hall–Kier alpha value is -1.53. The van der Waals surface area contributed by atoms with E-state index in [9.17, 15) is 4.79 Å². The average Bonchev–Trinajstić information content (AvgIpc) is 2.91. The highest BCUT2D eigenvalue weighted by Gasteiger charge is 2.16. The second-order valence-electron chi connectivity index (χ2n) is 5.36. The first-order valence-electron chi connectivity index (χ1n) is 7.23. The van der Waals surface area contributed by atoms with Gasteiger partial charge in [-0.1, -0.05) is 6.07 Å². The molecule has 1 unspecified atom stereocenters. The smallest absolute Gasteiger partial charge is 0.221 e. The number of amides is 1. The summed E-state index contributed by atoms with van der Waals surface area (Å²) in [4.78, 5) is 16.5.